The molecule has 1 aromatic heterocycles. The van der Waals surface area contributed by atoms with Crippen LogP contribution < -0.4 is 0 Å². The highest BCUT2D eigenvalue weighted by molar-refractivity contribution is 5.22. The molecule has 15 heavy (non-hydrogen) atoms. The van der Waals surface area contributed by atoms with Crippen LogP contribution in [0.4, 0.5) is 13.2 Å². The zero-order chi connectivity index (χ0) is 11.5. The summed E-state index contributed by atoms with van der Waals surface area (Å²) in [4.78, 5) is 3.32. The SMILES string of the molecule is C[C@H](O)CCc1cccnc1C(F)(F)F. The van der Waals surface area contributed by atoms with Crippen LogP contribution in [0.3, 0.4) is 0 Å². The van der Waals surface area contributed by atoms with E-state index >= 15 is 0 Å². The lowest BCUT2D eigenvalue weighted by atomic mass is 10.1. The summed E-state index contributed by atoms with van der Waals surface area (Å²) in [6.07, 6.45) is -3.43. The Bertz CT molecular complexity index is 323. The highest BCUT2D eigenvalue weighted by Gasteiger charge is 2.34. The van der Waals surface area contributed by atoms with E-state index in [1.54, 1.807) is 6.92 Å². The molecule has 0 aliphatic carbocycles. The van der Waals surface area contributed by atoms with E-state index in [0.29, 0.717) is 6.42 Å². The lowest BCUT2D eigenvalue weighted by molar-refractivity contribution is -0.141. The van der Waals surface area contributed by atoms with Crippen molar-refractivity contribution in [1.82, 2.24) is 4.98 Å². The molecule has 0 bridgehead atoms. The molecule has 0 aliphatic rings. The van der Waals surface area contributed by atoms with Crippen LogP contribution >= 0.6 is 0 Å². The number of pyridine rings is 1. The molecule has 0 radical (unpaired) electrons. The van der Waals surface area contributed by atoms with Crippen molar-refractivity contribution < 1.29 is 18.3 Å². The summed E-state index contributed by atoms with van der Waals surface area (Å²) in [5.41, 5.74) is -0.725. The Morgan fingerprint density at radius 1 is 1.47 bits per heavy atom. The van der Waals surface area contributed by atoms with Gasteiger partial charge in [0.2, 0.25) is 0 Å². The van der Waals surface area contributed by atoms with Crippen LogP contribution in [0, 0.1) is 0 Å². The molecule has 0 aromatic carbocycles. The van der Waals surface area contributed by atoms with Crippen LogP contribution in [-0.4, -0.2) is 16.2 Å². The first-order valence-electron chi connectivity index (χ1n) is 4.60. The van der Waals surface area contributed by atoms with Gasteiger partial charge in [-0.05, 0) is 31.4 Å². The third-order valence-corrected chi connectivity index (χ3v) is 1.99. The van der Waals surface area contributed by atoms with Crippen molar-refractivity contribution in [2.24, 2.45) is 0 Å². The summed E-state index contributed by atoms with van der Waals surface area (Å²) in [6.45, 7) is 1.55. The predicted octanol–water partition coefficient (Wildman–Crippen LogP) is 2.41. The maximum atomic E-state index is 12.4. The average molecular weight is 219 g/mol. The standard InChI is InChI=1S/C10H12F3NO/c1-7(15)4-5-8-3-2-6-14-9(8)10(11,12)13/h2-3,6-7,15H,4-5H2,1H3/t7-/m0/s1. The Kier molecular flexibility index (Phi) is 3.68. The van der Waals surface area contributed by atoms with Crippen LogP contribution in [-0.2, 0) is 12.6 Å². The van der Waals surface area contributed by atoms with Crippen LogP contribution in [0.25, 0.3) is 0 Å². The lowest BCUT2D eigenvalue weighted by Crippen LogP contribution is -2.13. The molecule has 0 aliphatic heterocycles. The molecule has 1 heterocycles. The fourth-order valence-corrected chi connectivity index (χ4v) is 1.26. The van der Waals surface area contributed by atoms with Crippen molar-refractivity contribution in [2.45, 2.75) is 32.0 Å². The van der Waals surface area contributed by atoms with Gasteiger partial charge >= 0.3 is 6.18 Å². The summed E-state index contributed by atoms with van der Waals surface area (Å²) >= 11 is 0. The maximum Gasteiger partial charge on any atom is 0.433 e. The minimum atomic E-state index is -4.42. The molecule has 0 amide bonds. The summed E-state index contributed by atoms with van der Waals surface area (Å²) in [6, 6.07) is 2.85. The number of aliphatic hydroxyl groups excluding tert-OH is 1. The molecule has 5 heteroatoms. The van der Waals surface area contributed by atoms with Gasteiger partial charge in [0, 0.05) is 6.20 Å². The Hall–Kier alpha value is -1.10. The number of hydrogen-bond acceptors (Lipinski definition) is 2. The molecule has 1 aromatic rings. The van der Waals surface area contributed by atoms with E-state index in [1.165, 1.54) is 12.1 Å². The van der Waals surface area contributed by atoms with E-state index in [9.17, 15) is 13.2 Å². The van der Waals surface area contributed by atoms with Gasteiger partial charge in [-0.1, -0.05) is 6.07 Å². The molecule has 1 atom stereocenters. The van der Waals surface area contributed by atoms with Gasteiger partial charge in [0.25, 0.3) is 0 Å². The topological polar surface area (TPSA) is 33.1 Å². The second kappa shape index (κ2) is 4.61. The van der Waals surface area contributed by atoms with Crippen molar-refractivity contribution in [3.63, 3.8) is 0 Å². The van der Waals surface area contributed by atoms with Crippen molar-refractivity contribution in [3.8, 4) is 0 Å². The molecule has 0 spiro atoms. The predicted molar refractivity (Wildman–Crippen MR) is 49.2 cm³/mol. The highest BCUT2D eigenvalue weighted by Crippen LogP contribution is 2.30. The molecule has 0 saturated heterocycles. The minimum Gasteiger partial charge on any atom is -0.393 e. The average Bonchev–Trinajstić information content (AvgIpc) is 2.13. The Morgan fingerprint density at radius 3 is 2.67 bits per heavy atom. The van der Waals surface area contributed by atoms with Crippen molar-refractivity contribution in [2.75, 3.05) is 0 Å². The van der Waals surface area contributed by atoms with Gasteiger partial charge in [0.1, 0.15) is 5.69 Å². The Balaban J connectivity index is 2.87. The fourth-order valence-electron chi connectivity index (χ4n) is 1.26. The molecule has 0 unspecified atom stereocenters. The van der Waals surface area contributed by atoms with Crippen molar-refractivity contribution >= 4 is 0 Å². The molecule has 1 N–H and O–H groups in total. The zero-order valence-electron chi connectivity index (χ0n) is 8.25. The third kappa shape index (κ3) is 3.51. The van der Waals surface area contributed by atoms with Crippen LogP contribution in [0.2, 0.25) is 0 Å². The molecule has 1 rings (SSSR count). The highest BCUT2D eigenvalue weighted by atomic mass is 19.4. The van der Waals surface area contributed by atoms with Gasteiger partial charge in [-0.2, -0.15) is 13.2 Å². The number of hydrogen-bond donors (Lipinski definition) is 1. The minimum absolute atomic E-state index is 0.130. The van der Waals surface area contributed by atoms with Crippen LogP contribution in [0.5, 0.6) is 0 Å². The number of aliphatic hydroxyl groups is 1. The van der Waals surface area contributed by atoms with Gasteiger partial charge < -0.3 is 5.11 Å². The van der Waals surface area contributed by atoms with Gasteiger partial charge in [-0.15, -0.1) is 0 Å². The molecule has 0 saturated carbocycles. The number of alkyl halides is 3. The van der Waals surface area contributed by atoms with Crippen LogP contribution in [0.15, 0.2) is 18.3 Å². The first-order valence-corrected chi connectivity index (χ1v) is 4.60. The maximum absolute atomic E-state index is 12.4. The second-order valence-electron chi connectivity index (χ2n) is 3.40. The number of nitrogens with zero attached hydrogens (tertiary/aromatic N) is 1. The van der Waals surface area contributed by atoms with Gasteiger partial charge in [0.15, 0.2) is 0 Å². The van der Waals surface area contributed by atoms with E-state index in [-0.39, 0.29) is 12.0 Å². The van der Waals surface area contributed by atoms with Gasteiger partial charge in [-0.25, -0.2) is 0 Å². The summed E-state index contributed by atoms with van der Waals surface area (Å²) in [5.74, 6) is 0. The monoisotopic (exact) mass is 219 g/mol. The first-order chi connectivity index (χ1) is 6.91. The number of rotatable bonds is 3. The van der Waals surface area contributed by atoms with Gasteiger partial charge in [-0.3, -0.25) is 4.98 Å². The fraction of sp³-hybridized carbons (Fsp3) is 0.500. The molecular formula is C10H12F3NO. The third-order valence-electron chi connectivity index (χ3n) is 1.99. The number of aromatic nitrogens is 1. The largest absolute Gasteiger partial charge is 0.433 e. The lowest BCUT2D eigenvalue weighted by Gasteiger charge is -2.11. The summed E-state index contributed by atoms with van der Waals surface area (Å²) < 4.78 is 37.3. The molecular weight excluding hydrogens is 207 g/mol. The van der Waals surface area contributed by atoms with E-state index in [2.05, 4.69) is 4.98 Å². The first kappa shape index (κ1) is 12.0. The molecule has 0 fully saturated rings. The summed E-state index contributed by atoms with van der Waals surface area (Å²) in [7, 11) is 0. The summed E-state index contributed by atoms with van der Waals surface area (Å²) in [5, 5.41) is 9.01. The number of halogens is 3. The molecule has 2 nitrogen and oxygen atoms in total. The number of aryl methyl sites for hydroxylation is 1. The smallest absolute Gasteiger partial charge is 0.393 e. The molecule has 84 valence electrons. The Morgan fingerprint density at radius 2 is 2.13 bits per heavy atom. The Labute approximate surface area is 85.8 Å². The second-order valence-corrected chi connectivity index (χ2v) is 3.40. The van der Waals surface area contributed by atoms with Crippen molar-refractivity contribution in [3.05, 3.63) is 29.6 Å². The zero-order valence-corrected chi connectivity index (χ0v) is 8.25. The van der Waals surface area contributed by atoms with Crippen LogP contribution in [0.1, 0.15) is 24.6 Å². The van der Waals surface area contributed by atoms with E-state index in [1.807, 2.05) is 0 Å². The van der Waals surface area contributed by atoms with E-state index in [4.69, 9.17) is 5.11 Å². The quantitative estimate of drug-likeness (QED) is 0.846. The van der Waals surface area contributed by atoms with E-state index in [0.717, 1.165) is 6.20 Å². The van der Waals surface area contributed by atoms with E-state index < -0.39 is 18.0 Å². The van der Waals surface area contributed by atoms with Gasteiger partial charge in [0.05, 0.1) is 6.10 Å². The normalized spacial score (nSPS) is 13.9. The van der Waals surface area contributed by atoms with Crippen molar-refractivity contribution in [1.29, 1.82) is 0 Å².